The van der Waals surface area contributed by atoms with Gasteiger partial charge in [0.25, 0.3) is 0 Å². The largest absolute Gasteiger partial charge is 0.335 e. The van der Waals surface area contributed by atoms with Crippen molar-refractivity contribution >= 4 is 38.5 Å². The second kappa shape index (κ2) is 4.85. The van der Waals surface area contributed by atoms with Gasteiger partial charge in [-0.3, -0.25) is 4.99 Å². The van der Waals surface area contributed by atoms with Gasteiger partial charge in [0, 0.05) is 10.9 Å². The number of nitrogens with one attached hydrogen (secondary N) is 1. The molecular weight excluding hydrogens is 315 g/mol. The molecule has 1 aromatic carbocycles. The predicted octanol–water partition coefficient (Wildman–Crippen LogP) is 4.19. The first-order chi connectivity index (χ1) is 8.63. The van der Waals surface area contributed by atoms with Crippen molar-refractivity contribution in [3.05, 3.63) is 28.0 Å². The maximum absolute atomic E-state index is 13.3. The van der Waals surface area contributed by atoms with E-state index in [-0.39, 0.29) is 5.82 Å². The van der Waals surface area contributed by atoms with E-state index in [9.17, 15) is 4.39 Å². The number of thioether (sulfide) groups is 1. The van der Waals surface area contributed by atoms with Crippen molar-refractivity contribution in [3.8, 4) is 0 Å². The Kier molecular flexibility index (Phi) is 3.36. The molecule has 0 bridgehead atoms. The Morgan fingerprint density at radius 1 is 1.44 bits per heavy atom. The molecule has 96 valence electrons. The fourth-order valence-electron chi connectivity index (χ4n) is 2.07. The Balaban J connectivity index is 1.71. The van der Waals surface area contributed by atoms with Gasteiger partial charge in [-0.05, 0) is 59.3 Å². The summed E-state index contributed by atoms with van der Waals surface area (Å²) in [5.41, 5.74) is 1.82. The van der Waals surface area contributed by atoms with Crippen molar-refractivity contribution < 1.29 is 4.39 Å². The van der Waals surface area contributed by atoms with Crippen LogP contribution in [-0.2, 0) is 0 Å². The predicted molar refractivity (Wildman–Crippen MR) is 78.9 cm³/mol. The van der Waals surface area contributed by atoms with Crippen molar-refractivity contribution in [1.29, 1.82) is 0 Å². The fraction of sp³-hybridized carbons (Fsp3) is 0.462. The number of amidine groups is 1. The van der Waals surface area contributed by atoms with Crippen LogP contribution in [-0.4, -0.2) is 17.0 Å². The summed E-state index contributed by atoms with van der Waals surface area (Å²) in [5.74, 6) is 0.633. The number of anilines is 1. The highest BCUT2D eigenvalue weighted by Crippen LogP contribution is 2.42. The molecule has 2 nitrogen and oxygen atoms in total. The van der Waals surface area contributed by atoms with Crippen molar-refractivity contribution in [3.63, 3.8) is 0 Å². The summed E-state index contributed by atoms with van der Waals surface area (Å²) in [6.45, 7) is 2.81. The topological polar surface area (TPSA) is 24.4 Å². The summed E-state index contributed by atoms with van der Waals surface area (Å²) in [7, 11) is 0. The third kappa shape index (κ3) is 2.57. The van der Waals surface area contributed by atoms with Crippen LogP contribution in [0, 0.1) is 18.7 Å². The van der Waals surface area contributed by atoms with Crippen LogP contribution >= 0.6 is 27.7 Å². The minimum atomic E-state index is -0.227. The molecule has 1 atom stereocenters. The number of hydrogen-bond donors (Lipinski definition) is 1. The lowest BCUT2D eigenvalue weighted by molar-refractivity contribution is 0.620. The van der Waals surface area contributed by atoms with Crippen LogP contribution in [0.25, 0.3) is 0 Å². The van der Waals surface area contributed by atoms with Crippen LogP contribution in [0.15, 0.2) is 21.6 Å². The molecule has 0 aromatic heterocycles. The van der Waals surface area contributed by atoms with Gasteiger partial charge < -0.3 is 5.32 Å². The van der Waals surface area contributed by atoms with Crippen LogP contribution in [0.1, 0.15) is 18.4 Å². The highest BCUT2D eigenvalue weighted by atomic mass is 79.9. The van der Waals surface area contributed by atoms with Crippen LogP contribution in [0.4, 0.5) is 10.1 Å². The Labute approximate surface area is 119 Å². The lowest BCUT2D eigenvalue weighted by Gasteiger charge is -2.11. The summed E-state index contributed by atoms with van der Waals surface area (Å²) in [5, 5.41) is 4.92. The highest BCUT2D eigenvalue weighted by Gasteiger charge is 2.35. The van der Waals surface area contributed by atoms with Crippen molar-refractivity contribution in [2.24, 2.45) is 10.9 Å². The Hall–Kier alpha value is -0.550. The van der Waals surface area contributed by atoms with Crippen molar-refractivity contribution in [2.75, 3.05) is 11.9 Å². The van der Waals surface area contributed by atoms with Crippen LogP contribution < -0.4 is 5.32 Å². The molecule has 1 fully saturated rings. The van der Waals surface area contributed by atoms with Gasteiger partial charge in [0.2, 0.25) is 0 Å². The van der Waals surface area contributed by atoms with Crippen molar-refractivity contribution in [1.82, 2.24) is 0 Å². The molecule has 2 aliphatic rings. The van der Waals surface area contributed by atoms with Gasteiger partial charge in [-0.2, -0.15) is 0 Å². The number of aliphatic imine (C=N–C) groups is 1. The molecule has 1 unspecified atom stereocenters. The van der Waals surface area contributed by atoms with Crippen LogP contribution in [0.2, 0.25) is 0 Å². The van der Waals surface area contributed by atoms with E-state index >= 15 is 0 Å². The fourth-order valence-corrected chi connectivity index (χ4v) is 3.63. The number of aryl methyl sites for hydroxylation is 1. The van der Waals surface area contributed by atoms with Crippen molar-refractivity contribution in [2.45, 2.75) is 25.0 Å². The molecular formula is C13H14BrFN2S. The Bertz CT molecular complexity index is 514. The van der Waals surface area contributed by atoms with Gasteiger partial charge in [0.05, 0.1) is 11.0 Å². The van der Waals surface area contributed by atoms with Gasteiger partial charge in [-0.1, -0.05) is 11.8 Å². The van der Waals surface area contributed by atoms with E-state index in [1.54, 1.807) is 6.07 Å². The molecule has 5 heteroatoms. The normalized spacial score (nSPS) is 23.1. The molecule has 0 radical (unpaired) electrons. The first-order valence-electron chi connectivity index (χ1n) is 6.07. The zero-order chi connectivity index (χ0) is 12.7. The number of halogens is 2. The monoisotopic (exact) mass is 328 g/mol. The minimum absolute atomic E-state index is 0.227. The standard InChI is InChI=1S/C13H14BrFN2S/c1-7-4-10(15)9(14)5-11(7)17-13-16-6-12(18-13)8-2-3-8/h4-5,8,12H,2-3,6H2,1H3,(H,16,17). The summed E-state index contributed by atoms with van der Waals surface area (Å²) in [6.07, 6.45) is 2.70. The maximum Gasteiger partial charge on any atom is 0.161 e. The highest BCUT2D eigenvalue weighted by molar-refractivity contribution is 9.10. The average molecular weight is 329 g/mol. The third-order valence-corrected chi connectivity index (χ3v) is 5.23. The van der Waals surface area contributed by atoms with Gasteiger partial charge in [0.1, 0.15) is 5.82 Å². The number of hydrogen-bond acceptors (Lipinski definition) is 3. The second-order valence-corrected chi connectivity index (χ2v) is 6.93. The minimum Gasteiger partial charge on any atom is -0.335 e. The summed E-state index contributed by atoms with van der Waals surface area (Å²) in [6, 6.07) is 3.31. The molecule has 1 aromatic rings. The number of nitrogens with zero attached hydrogens (tertiary/aromatic N) is 1. The average Bonchev–Trinajstić information content (AvgIpc) is 3.07. The van der Waals surface area contributed by atoms with E-state index in [1.165, 1.54) is 18.9 Å². The van der Waals surface area contributed by atoms with E-state index in [2.05, 4.69) is 26.2 Å². The molecule has 0 saturated heterocycles. The van der Waals surface area contributed by atoms with E-state index in [0.717, 1.165) is 28.9 Å². The lowest BCUT2D eigenvalue weighted by atomic mass is 10.2. The maximum atomic E-state index is 13.3. The van der Waals surface area contributed by atoms with Crippen LogP contribution in [0.3, 0.4) is 0 Å². The van der Waals surface area contributed by atoms with Crippen LogP contribution in [0.5, 0.6) is 0 Å². The number of benzene rings is 1. The van der Waals surface area contributed by atoms with E-state index in [4.69, 9.17) is 0 Å². The smallest absolute Gasteiger partial charge is 0.161 e. The molecule has 0 amide bonds. The van der Waals surface area contributed by atoms with Gasteiger partial charge in [0.15, 0.2) is 5.17 Å². The zero-order valence-electron chi connectivity index (χ0n) is 10.0. The molecule has 1 aliphatic carbocycles. The number of rotatable bonds is 2. The Morgan fingerprint density at radius 3 is 2.94 bits per heavy atom. The first kappa shape index (κ1) is 12.5. The van der Waals surface area contributed by atoms with E-state index in [1.807, 2.05) is 18.7 Å². The van der Waals surface area contributed by atoms with Gasteiger partial charge >= 0.3 is 0 Å². The molecule has 0 spiro atoms. The summed E-state index contributed by atoms with van der Waals surface area (Å²) < 4.78 is 13.8. The van der Waals surface area contributed by atoms with E-state index in [0.29, 0.717) is 9.72 Å². The van der Waals surface area contributed by atoms with E-state index < -0.39 is 0 Å². The summed E-state index contributed by atoms with van der Waals surface area (Å²) in [4.78, 5) is 4.53. The third-order valence-electron chi connectivity index (χ3n) is 3.33. The molecule has 1 N–H and O–H groups in total. The molecule has 1 saturated carbocycles. The Morgan fingerprint density at radius 2 is 2.22 bits per heavy atom. The molecule has 1 heterocycles. The molecule has 3 rings (SSSR count). The SMILES string of the molecule is Cc1cc(F)c(Br)cc1NC1=NCC(C2CC2)S1. The first-order valence-corrected chi connectivity index (χ1v) is 7.74. The zero-order valence-corrected chi connectivity index (χ0v) is 12.4. The lowest BCUT2D eigenvalue weighted by Crippen LogP contribution is -2.09. The van der Waals surface area contributed by atoms with Gasteiger partial charge in [-0.25, -0.2) is 4.39 Å². The summed E-state index contributed by atoms with van der Waals surface area (Å²) >= 11 is 5.04. The second-order valence-electron chi connectivity index (χ2n) is 4.85. The quantitative estimate of drug-likeness (QED) is 0.880. The molecule has 1 aliphatic heterocycles. The molecule has 18 heavy (non-hydrogen) atoms. The van der Waals surface area contributed by atoms with Gasteiger partial charge in [-0.15, -0.1) is 0 Å².